The van der Waals surface area contributed by atoms with Gasteiger partial charge in [0.05, 0.1) is 43.1 Å². The Morgan fingerprint density at radius 3 is 2.47 bits per heavy atom. The highest BCUT2D eigenvalue weighted by Crippen LogP contribution is 2.42. The first-order valence-electron chi connectivity index (χ1n) is 15.0. The number of para-hydroxylation sites is 1. The molecule has 2 amide bonds. The minimum atomic E-state index is -0.382. The van der Waals surface area contributed by atoms with Gasteiger partial charge in [0, 0.05) is 23.2 Å². The second kappa shape index (κ2) is 14.2. The maximum Gasteiger partial charge on any atom is 0.253 e. The molecule has 1 aliphatic heterocycles. The molecule has 0 saturated carbocycles. The van der Waals surface area contributed by atoms with E-state index in [4.69, 9.17) is 14.6 Å². The quantitative estimate of drug-likeness (QED) is 0.163. The fraction of sp³-hybridized carbons (Fsp3) is 0.229. The summed E-state index contributed by atoms with van der Waals surface area (Å²) in [6.07, 6.45) is 0.532. The fourth-order valence-corrected chi connectivity index (χ4v) is 7.07. The number of carbonyl (C=O) groups excluding carboxylic acids is 2. The van der Waals surface area contributed by atoms with Gasteiger partial charge in [0.25, 0.3) is 11.8 Å². The minimum absolute atomic E-state index is 0.0591. The zero-order valence-corrected chi connectivity index (χ0v) is 28.1. The monoisotopic (exact) mass is 666 g/mol. The molecule has 2 aromatic heterocycles. The summed E-state index contributed by atoms with van der Waals surface area (Å²) in [5.74, 6) is 1.37. The van der Waals surface area contributed by atoms with Crippen LogP contribution < -0.4 is 14.8 Å². The van der Waals surface area contributed by atoms with Gasteiger partial charge in [-0.3, -0.25) is 14.2 Å². The van der Waals surface area contributed by atoms with Gasteiger partial charge in [-0.25, -0.2) is 5.01 Å². The molecule has 3 heterocycles. The number of thioether (sulfide) groups is 1. The molecule has 1 aliphatic rings. The number of nitrogens with one attached hydrogen (secondary N) is 1. The molecule has 0 bridgehead atoms. The Labute approximate surface area is 281 Å². The Hall–Kier alpha value is -4.94. The number of thiophene rings is 1. The largest absolute Gasteiger partial charge is 0.493 e. The fourth-order valence-electron chi connectivity index (χ4n) is 5.52. The predicted molar refractivity (Wildman–Crippen MR) is 184 cm³/mol. The number of aromatic nitrogens is 3. The smallest absolute Gasteiger partial charge is 0.253 e. The molecule has 6 rings (SSSR count). The van der Waals surface area contributed by atoms with Crippen molar-refractivity contribution in [2.45, 2.75) is 38.0 Å². The van der Waals surface area contributed by atoms with Gasteiger partial charge >= 0.3 is 0 Å². The predicted octanol–water partition coefficient (Wildman–Crippen LogP) is 6.36. The summed E-state index contributed by atoms with van der Waals surface area (Å²) >= 11 is 2.86. The molecule has 10 nitrogen and oxygen atoms in total. The van der Waals surface area contributed by atoms with Crippen LogP contribution in [0.5, 0.6) is 11.5 Å². The van der Waals surface area contributed by atoms with Gasteiger partial charge < -0.3 is 14.8 Å². The lowest BCUT2D eigenvalue weighted by Crippen LogP contribution is -2.29. The summed E-state index contributed by atoms with van der Waals surface area (Å²) in [4.78, 5) is 27.9. The number of aryl methyl sites for hydroxylation is 2. The van der Waals surface area contributed by atoms with E-state index in [1.165, 1.54) is 11.8 Å². The Balaban J connectivity index is 1.27. The molecule has 3 aromatic carbocycles. The maximum absolute atomic E-state index is 14.0. The van der Waals surface area contributed by atoms with E-state index >= 15 is 0 Å². The number of hydrazone groups is 1. The molecule has 0 radical (unpaired) electrons. The van der Waals surface area contributed by atoms with Crippen molar-refractivity contribution >= 4 is 40.6 Å². The zero-order valence-electron chi connectivity index (χ0n) is 26.5. The molecular formula is C35H34N6O4S2. The highest BCUT2D eigenvalue weighted by atomic mass is 32.2. The van der Waals surface area contributed by atoms with E-state index in [0.29, 0.717) is 34.5 Å². The van der Waals surface area contributed by atoms with Crippen molar-refractivity contribution in [2.24, 2.45) is 5.10 Å². The van der Waals surface area contributed by atoms with Gasteiger partial charge in [-0.05, 0) is 61.2 Å². The van der Waals surface area contributed by atoms with Crippen molar-refractivity contribution in [1.82, 2.24) is 25.1 Å². The molecule has 0 fully saturated rings. The van der Waals surface area contributed by atoms with Crippen LogP contribution in [0, 0.1) is 13.8 Å². The summed E-state index contributed by atoms with van der Waals surface area (Å²) in [5.41, 5.74) is 5.12. The minimum Gasteiger partial charge on any atom is -0.493 e. The van der Waals surface area contributed by atoms with Crippen LogP contribution in [-0.4, -0.2) is 57.3 Å². The van der Waals surface area contributed by atoms with E-state index in [1.807, 2.05) is 96.6 Å². The summed E-state index contributed by atoms with van der Waals surface area (Å²) in [6.45, 7) is 4.11. The number of methoxy groups -OCH3 is 2. The van der Waals surface area contributed by atoms with Crippen LogP contribution in [0.2, 0.25) is 0 Å². The number of rotatable bonds is 11. The van der Waals surface area contributed by atoms with Gasteiger partial charge in [-0.15, -0.1) is 21.5 Å². The summed E-state index contributed by atoms with van der Waals surface area (Å²) in [5, 5.41) is 20.7. The molecule has 0 aliphatic carbocycles. The highest BCUT2D eigenvalue weighted by Gasteiger charge is 2.36. The molecule has 47 heavy (non-hydrogen) atoms. The Morgan fingerprint density at radius 2 is 1.74 bits per heavy atom. The molecular weight excluding hydrogens is 633 g/mol. The molecule has 12 heteroatoms. The van der Waals surface area contributed by atoms with Gasteiger partial charge in [-0.1, -0.05) is 59.8 Å². The van der Waals surface area contributed by atoms with E-state index in [1.54, 1.807) is 36.6 Å². The van der Waals surface area contributed by atoms with Crippen LogP contribution >= 0.6 is 23.1 Å². The topological polar surface area (TPSA) is 111 Å². The summed E-state index contributed by atoms with van der Waals surface area (Å²) in [7, 11) is 3.19. The second-order valence-electron chi connectivity index (χ2n) is 11.0. The average Bonchev–Trinajstić information content (AvgIpc) is 3.86. The van der Waals surface area contributed by atoms with Crippen molar-refractivity contribution in [2.75, 3.05) is 20.0 Å². The zero-order chi connectivity index (χ0) is 32.9. The maximum atomic E-state index is 14.0. The molecule has 5 aromatic rings. The third-order valence-electron chi connectivity index (χ3n) is 7.74. The summed E-state index contributed by atoms with van der Waals surface area (Å²) in [6, 6.07) is 24.6. The Kier molecular flexibility index (Phi) is 9.69. The molecule has 0 saturated heterocycles. The van der Waals surface area contributed by atoms with Crippen LogP contribution in [0.1, 0.15) is 50.2 Å². The standard InChI is InChI=1S/C35H34N6O4S2/c1-22-9-5-11-24(17-22)34(43)36-20-31-37-38-35(40(31)25-12-6-10-23(2)18-25)47-21-32(42)41-28(19-27(39-41)30-15-8-16-46-30)26-13-7-14-29(44-3)33(26)45-4/h5-18,28H,19-21H2,1-4H3,(H,36,43)/t28-/m1/s1. The average molecular weight is 667 g/mol. The second-order valence-corrected chi connectivity index (χ2v) is 12.9. The lowest BCUT2D eigenvalue weighted by molar-refractivity contribution is -0.130. The van der Waals surface area contributed by atoms with Crippen LogP contribution in [0.3, 0.4) is 0 Å². The van der Waals surface area contributed by atoms with E-state index in [9.17, 15) is 9.59 Å². The van der Waals surface area contributed by atoms with Gasteiger partial charge in [0.2, 0.25) is 0 Å². The first kappa shape index (κ1) is 32.0. The lowest BCUT2D eigenvalue weighted by atomic mass is 9.99. The number of hydrogen-bond acceptors (Lipinski definition) is 9. The van der Waals surface area contributed by atoms with Crippen molar-refractivity contribution < 1.29 is 19.1 Å². The van der Waals surface area contributed by atoms with E-state index < -0.39 is 0 Å². The number of ether oxygens (including phenoxy) is 2. The first-order chi connectivity index (χ1) is 22.9. The number of hydrogen-bond donors (Lipinski definition) is 1. The van der Waals surface area contributed by atoms with Crippen LogP contribution in [0.25, 0.3) is 5.69 Å². The van der Waals surface area contributed by atoms with Crippen molar-refractivity contribution in [1.29, 1.82) is 0 Å². The van der Waals surface area contributed by atoms with Crippen molar-refractivity contribution in [3.8, 4) is 17.2 Å². The number of carbonyl (C=O) groups is 2. The van der Waals surface area contributed by atoms with Gasteiger partial charge in [0.1, 0.15) is 0 Å². The normalized spacial score (nSPS) is 14.2. The third-order valence-corrected chi connectivity index (χ3v) is 9.57. The number of benzene rings is 3. The first-order valence-corrected chi connectivity index (χ1v) is 16.9. The van der Waals surface area contributed by atoms with Crippen LogP contribution in [-0.2, 0) is 11.3 Å². The van der Waals surface area contributed by atoms with Gasteiger partial charge in [0.15, 0.2) is 22.5 Å². The molecule has 1 N–H and O–H groups in total. The molecule has 1 atom stereocenters. The number of amides is 2. The van der Waals surface area contributed by atoms with E-state index in [0.717, 1.165) is 33.0 Å². The lowest BCUT2D eigenvalue weighted by Gasteiger charge is -2.24. The number of nitrogens with zero attached hydrogens (tertiary/aromatic N) is 5. The van der Waals surface area contributed by atoms with Crippen molar-refractivity contribution in [3.63, 3.8) is 0 Å². The van der Waals surface area contributed by atoms with E-state index in [2.05, 4.69) is 15.5 Å². The Bertz CT molecular complexity index is 1940. The van der Waals surface area contributed by atoms with Gasteiger partial charge in [-0.2, -0.15) is 5.10 Å². The molecule has 0 unspecified atom stereocenters. The molecule has 0 spiro atoms. The van der Waals surface area contributed by atoms with Crippen molar-refractivity contribution in [3.05, 3.63) is 117 Å². The van der Waals surface area contributed by atoms with E-state index in [-0.39, 0.29) is 30.2 Å². The third kappa shape index (κ3) is 6.93. The highest BCUT2D eigenvalue weighted by molar-refractivity contribution is 7.99. The molecule has 240 valence electrons. The van der Waals surface area contributed by atoms with Crippen LogP contribution in [0.15, 0.2) is 94.5 Å². The Morgan fingerprint density at radius 1 is 0.957 bits per heavy atom. The summed E-state index contributed by atoms with van der Waals surface area (Å²) < 4.78 is 13.2. The SMILES string of the molecule is COc1cccc([C@H]2CC(c3cccs3)=NN2C(=O)CSc2nnc(CNC(=O)c3cccc(C)c3)n2-c2cccc(C)c2)c1OC. The van der Waals surface area contributed by atoms with Crippen LogP contribution in [0.4, 0.5) is 0 Å².